The summed E-state index contributed by atoms with van der Waals surface area (Å²) >= 11 is 7.15. The van der Waals surface area contributed by atoms with Gasteiger partial charge in [0, 0.05) is 21.9 Å². The van der Waals surface area contributed by atoms with Crippen LogP contribution in [0.15, 0.2) is 41.3 Å². The predicted octanol–water partition coefficient (Wildman–Crippen LogP) is 5.76. The maximum Gasteiger partial charge on any atom is 0.255 e. The van der Waals surface area contributed by atoms with Crippen molar-refractivity contribution < 1.29 is 13.6 Å². The van der Waals surface area contributed by atoms with Crippen molar-refractivity contribution in [1.29, 1.82) is 0 Å². The average Bonchev–Trinajstić information content (AvgIpc) is 2.51. The molecule has 0 heterocycles. The number of amides is 1. The number of rotatable bonds is 5. The first kappa shape index (κ1) is 17.2. The fourth-order valence-electron chi connectivity index (χ4n) is 2.40. The third-order valence-corrected chi connectivity index (χ3v) is 5.62. The van der Waals surface area contributed by atoms with Crippen molar-refractivity contribution >= 4 is 35.0 Å². The van der Waals surface area contributed by atoms with E-state index in [4.69, 9.17) is 11.6 Å². The molecule has 1 N–H and O–H groups in total. The maximum absolute atomic E-state index is 13.9. The predicted molar refractivity (Wildman–Crippen MR) is 93.8 cm³/mol. The summed E-state index contributed by atoms with van der Waals surface area (Å²) in [6.07, 6.45) is 3.64. The van der Waals surface area contributed by atoms with Crippen molar-refractivity contribution in [2.45, 2.75) is 24.2 Å². The molecule has 1 fully saturated rings. The molecule has 6 heteroatoms. The number of thioether (sulfide) groups is 1. The van der Waals surface area contributed by atoms with Crippen LogP contribution >= 0.6 is 23.4 Å². The molecule has 0 aromatic heterocycles. The molecule has 0 bridgehead atoms. The van der Waals surface area contributed by atoms with Crippen LogP contribution in [0.2, 0.25) is 5.02 Å². The molecule has 126 valence electrons. The molecule has 1 amide bonds. The number of anilines is 1. The summed E-state index contributed by atoms with van der Waals surface area (Å²) in [5, 5.41) is 2.57. The second-order valence-electron chi connectivity index (χ2n) is 5.84. The van der Waals surface area contributed by atoms with E-state index in [1.165, 1.54) is 61.4 Å². The third kappa shape index (κ3) is 4.08. The molecule has 2 aromatic carbocycles. The highest BCUT2D eigenvalue weighted by Crippen LogP contribution is 2.33. The van der Waals surface area contributed by atoms with Crippen LogP contribution in [-0.2, 0) is 0 Å². The maximum atomic E-state index is 13.9. The summed E-state index contributed by atoms with van der Waals surface area (Å²) in [6.45, 7) is 0. The van der Waals surface area contributed by atoms with Gasteiger partial charge >= 0.3 is 0 Å². The van der Waals surface area contributed by atoms with Gasteiger partial charge in [-0.1, -0.05) is 18.0 Å². The Morgan fingerprint density at radius 1 is 1.17 bits per heavy atom. The number of carbonyl (C=O) groups is 1. The molecular weight excluding hydrogens is 352 g/mol. The average molecular weight is 368 g/mol. The Balaban J connectivity index is 1.70. The summed E-state index contributed by atoms with van der Waals surface area (Å²) in [7, 11) is 0. The quantitative estimate of drug-likeness (QED) is 0.680. The van der Waals surface area contributed by atoms with E-state index >= 15 is 0 Å². The zero-order valence-electron chi connectivity index (χ0n) is 12.8. The van der Waals surface area contributed by atoms with Gasteiger partial charge in [-0.25, -0.2) is 8.78 Å². The van der Waals surface area contributed by atoms with Crippen molar-refractivity contribution in [2.75, 3.05) is 11.1 Å². The van der Waals surface area contributed by atoms with Gasteiger partial charge < -0.3 is 5.32 Å². The lowest BCUT2D eigenvalue weighted by molar-refractivity contribution is 0.102. The molecule has 0 saturated heterocycles. The highest BCUT2D eigenvalue weighted by Gasteiger charge is 2.19. The van der Waals surface area contributed by atoms with Crippen LogP contribution < -0.4 is 5.32 Å². The van der Waals surface area contributed by atoms with Crippen molar-refractivity contribution in [3.8, 4) is 0 Å². The van der Waals surface area contributed by atoms with Gasteiger partial charge in [0.25, 0.3) is 5.91 Å². The van der Waals surface area contributed by atoms with Crippen molar-refractivity contribution in [1.82, 2.24) is 0 Å². The lowest BCUT2D eigenvalue weighted by atomic mass is 9.87. The number of benzene rings is 2. The molecule has 1 saturated carbocycles. The summed E-state index contributed by atoms with van der Waals surface area (Å²) in [6, 6.07) is 8.24. The van der Waals surface area contributed by atoms with E-state index in [1.807, 2.05) is 0 Å². The minimum absolute atomic E-state index is 0.0661. The van der Waals surface area contributed by atoms with Gasteiger partial charge in [-0.3, -0.25) is 4.79 Å². The molecule has 0 atom stereocenters. The summed E-state index contributed by atoms with van der Waals surface area (Å²) in [4.78, 5) is 12.8. The van der Waals surface area contributed by atoms with Gasteiger partial charge in [-0.15, -0.1) is 11.8 Å². The SMILES string of the molecule is O=C(Nc1ccc(F)c(Cl)c1)c1ccc(F)c(SCC2CCC2)c1. The van der Waals surface area contributed by atoms with Crippen LogP contribution in [0.3, 0.4) is 0 Å². The van der Waals surface area contributed by atoms with Crippen LogP contribution in [0.5, 0.6) is 0 Å². The Bertz CT molecular complexity index is 765. The minimum Gasteiger partial charge on any atom is -0.322 e. The normalized spacial score (nSPS) is 14.3. The highest BCUT2D eigenvalue weighted by molar-refractivity contribution is 7.99. The zero-order valence-corrected chi connectivity index (χ0v) is 14.4. The van der Waals surface area contributed by atoms with Crippen molar-refractivity contribution in [3.63, 3.8) is 0 Å². The van der Waals surface area contributed by atoms with Gasteiger partial charge in [0.05, 0.1) is 5.02 Å². The van der Waals surface area contributed by atoms with Crippen molar-refractivity contribution in [2.24, 2.45) is 5.92 Å². The summed E-state index contributed by atoms with van der Waals surface area (Å²) in [5.41, 5.74) is 0.743. The standard InChI is InChI=1S/C18H16ClF2NOS/c19-14-9-13(5-7-15(14)20)22-18(23)12-4-6-16(21)17(8-12)24-10-11-2-1-3-11/h4-9,11H,1-3,10H2,(H,22,23). The monoisotopic (exact) mass is 367 g/mol. The molecule has 0 spiro atoms. The van der Waals surface area contributed by atoms with E-state index in [9.17, 15) is 13.6 Å². The van der Waals surface area contributed by atoms with E-state index in [0.29, 0.717) is 22.1 Å². The molecule has 1 aliphatic carbocycles. The largest absolute Gasteiger partial charge is 0.322 e. The molecule has 2 nitrogen and oxygen atoms in total. The summed E-state index contributed by atoms with van der Waals surface area (Å²) in [5.74, 6) is 0.262. The van der Waals surface area contributed by atoms with Crippen LogP contribution in [0.4, 0.5) is 14.5 Å². The lowest BCUT2D eigenvalue weighted by Crippen LogP contribution is -2.14. The van der Waals surface area contributed by atoms with E-state index in [-0.39, 0.29) is 16.7 Å². The first-order valence-corrected chi connectivity index (χ1v) is 9.08. The zero-order chi connectivity index (χ0) is 17.1. The molecule has 2 aromatic rings. The number of hydrogen-bond donors (Lipinski definition) is 1. The molecule has 3 rings (SSSR count). The second kappa shape index (κ2) is 7.53. The number of halogens is 3. The molecule has 24 heavy (non-hydrogen) atoms. The Kier molecular flexibility index (Phi) is 5.41. The van der Waals surface area contributed by atoms with Gasteiger partial charge in [0.15, 0.2) is 0 Å². The van der Waals surface area contributed by atoms with Crippen LogP contribution in [0, 0.1) is 17.6 Å². The van der Waals surface area contributed by atoms with Crippen molar-refractivity contribution in [3.05, 3.63) is 58.6 Å². The Hall–Kier alpha value is -1.59. The topological polar surface area (TPSA) is 29.1 Å². The smallest absolute Gasteiger partial charge is 0.255 e. The van der Waals surface area contributed by atoms with E-state index in [0.717, 1.165) is 5.75 Å². The first-order chi connectivity index (χ1) is 11.5. The highest BCUT2D eigenvalue weighted by atomic mass is 35.5. The van der Waals surface area contributed by atoms with Gasteiger partial charge in [0.2, 0.25) is 0 Å². The second-order valence-corrected chi connectivity index (χ2v) is 7.31. The Morgan fingerprint density at radius 3 is 2.58 bits per heavy atom. The fraction of sp³-hybridized carbons (Fsp3) is 0.278. The molecular formula is C18H16ClF2NOS. The Labute approximate surface area is 148 Å². The van der Waals surface area contributed by atoms with Crippen LogP contribution in [-0.4, -0.2) is 11.7 Å². The van der Waals surface area contributed by atoms with Crippen LogP contribution in [0.25, 0.3) is 0 Å². The Morgan fingerprint density at radius 2 is 1.92 bits per heavy atom. The van der Waals surface area contributed by atoms with E-state index in [2.05, 4.69) is 5.32 Å². The van der Waals surface area contributed by atoms with E-state index < -0.39 is 5.82 Å². The van der Waals surface area contributed by atoms with Gasteiger partial charge in [-0.2, -0.15) is 0 Å². The third-order valence-electron chi connectivity index (χ3n) is 4.07. The molecule has 1 aliphatic rings. The molecule has 0 radical (unpaired) electrons. The minimum atomic E-state index is -0.550. The molecule has 0 aliphatic heterocycles. The van der Waals surface area contributed by atoms with Gasteiger partial charge in [-0.05, 0) is 55.2 Å². The fourth-order valence-corrected chi connectivity index (χ4v) is 3.74. The van der Waals surface area contributed by atoms with E-state index in [1.54, 1.807) is 6.07 Å². The number of nitrogens with one attached hydrogen (secondary N) is 1. The van der Waals surface area contributed by atoms with Crippen LogP contribution in [0.1, 0.15) is 29.6 Å². The lowest BCUT2D eigenvalue weighted by Gasteiger charge is -2.24. The summed E-state index contributed by atoms with van der Waals surface area (Å²) < 4.78 is 27.1. The molecule has 0 unspecified atom stereocenters. The number of hydrogen-bond acceptors (Lipinski definition) is 2. The van der Waals surface area contributed by atoms with Gasteiger partial charge in [0.1, 0.15) is 11.6 Å². The number of carbonyl (C=O) groups excluding carboxylic acids is 1. The first-order valence-electron chi connectivity index (χ1n) is 7.71.